The Morgan fingerprint density at radius 3 is 2.89 bits per heavy atom. The molecule has 96 valence electrons. The fourth-order valence-corrected chi connectivity index (χ4v) is 4.12. The maximum Gasteiger partial charge on any atom is 0.0476 e. The van der Waals surface area contributed by atoms with Crippen LogP contribution in [0.25, 0.3) is 10.1 Å². The molecule has 3 rings (SSSR count). The van der Waals surface area contributed by atoms with Crippen LogP contribution in [-0.2, 0) is 0 Å². The van der Waals surface area contributed by atoms with Gasteiger partial charge in [-0.3, -0.25) is 11.3 Å². The molecule has 1 atom stereocenters. The molecule has 2 nitrogen and oxygen atoms in total. The highest BCUT2D eigenvalue weighted by Gasteiger charge is 2.21. The summed E-state index contributed by atoms with van der Waals surface area (Å²) >= 11 is 1.82. The Balaban J connectivity index is 1.87. The van der Waals surface area contributed by atoms with Crippen molar-refractivity contribution in [2.24, 2.45) is 11.8 Å². The van der Waals surface area contributed by atoms with Gasteiger partial charge in [-0.15, -0.1) is 11.3 Å². The number of hydrogen-bond donors (Lipinski definition) is 2. The Bertz CT molecular complexity index is 514. The summed E-state index contributed by atoms with van der Waals surface area (Å²) in [6.45, 7) is 0. The third-order valence-corrected chi connectivity index (χ3v) is 5.11. The summed E-state index contributed by atoms with van der Waals surface area (Å²) in [5, 5.41) is 3.50. The standard InChI is InChI=1S/C15H20N2S/c16-17-14(10-11-4-1-2-5-11)13-7-3-6-12-8-9-18-15(12)13/h3,6-9,11,14,17H,1-2,4-5,10,16H2. The van der Waals surface area contributed by atoms with Crippen molar-refractivity contribution in [1.82, 2.24) is 5.43 Å². The lowest BCUT2D eigenvalue weighted by molar-refractivity contribution is 0.402. The van der Waals surface area contributed by atoms with E-state index >= 15 is 0 Å². The van der Waals surface area contributed by atoms with Crippen molar-refractivity contribution in [3.05, 3.63) is 35.2 Å². The van der Waals surface area contributed by atoms with Crippen molar-refractivity contribution in [2.75, 3.05) is 0 Å². The van der Waals surface area contributed by atoms with Crippen LogP contribution in [0.4, 0.5) is 0 Å². The van der Waals surface area contributed by atoms with Crippen LogP contribution < -0.4 is 11.3 Å². The molecule has 3 N–H and O–H groups in total. The van der Waals surface area contributed by atoms with Crippen molar-refractivity contribution in [3.63, 3.8) is 0 Å². The van der Waals surface area contributed by atoms with E-state index in [0.29, 0.717) is 6.04 Å². The fraction of sp³-hybridized carbons (Fsp3) is 0.467. The van der Waals surface area contributed by atoms with Gasteiger partial charge in [0, 0.05) is 10.7 Å². The lowest BCUT2D eigenvalue weighted by Crippen LogP contribution is -2.29. The van der Waals surface area contributed by atoms with Crippen molar-refractivity contribution in [1.29, 1.82) is 0 Å². The van der Waals surface area contributed by atoms with Crippen LogP contribution in [0.5, 0.6) is 0 Å². The lowest BCUT2D eigenvalue weighted by Gasteiger charge is -2.20. The highest BCUT2D eigenvalue weighted by Crippen LogP contribution is 2.36. The van der Waals surface area contributed by atoms with E-state index in [4.69, 9.17) is 5.84 Å². The summed E-state index contributed by atoms with van der Waals surface area (Å²) in [6, 6.07) is 9.03. The molecule has 1 aromatic carbocycles. The first-order valence-corrected chi connectivity index (χ1v) is 7.68. The molecule has 1 aliphatic carbocycles. The van der Waals surface area contributed by atoms with Crippen LogP contribution in [0, 0.1) is 5.92 Å². The quantitative estimate of drug-likeness (QED) is 0.644. The zero-order valence-electron chi connectivity index (χ0n) is 10.6. The van der Waals surface area contributed by atoms with Crippen molar-refractivity contribution >= 4 is 21.4 Å². The molecule has 2 aromatic rings. The smallest absolute Gasteiger partial charge is 0.0476 e. The van der Waals surface area contributed by atoms with Gasteiger partial charge in [-0.2, -0.15) is 0 Å². The maximum absolute atomic E-state index is 5.80. The molecular weight excluding hydrogens is 240 g/mol. The molecule has 1 heterocycles. The van der Waals surface area contributed by atoms with Crippen molar-refractivity contribution < 1.29 is 0 Å². The minimum absolute atomic E-state index is 0.301. The molecule has 3 heteroatoms. The van der Waals surface area contributed by atoms with E-state index in [1.54, 1.807) is 0 Å². The number of benzene rings is 1. The number of hydrogen-bond acceptors (Lipinski definition) is 3. The summed E-state index contributed by atoms with van der Waals surface area (Å²) < 4.78 is 1.39. The minimum atomic E-state index is 0.301. The molecule has 0 radical (unpaired) electrons. The van der Waals surface area contributed by atoms with Crippen LogP contribution in [-0.4, -0.2) is 0 Å². The van der Waals surface area contributed by atoms with Crippen molar-refractivity contribution in [2.45, 2.75) is 38.1 Å². The minimum Gasteiger partial charge on any atom is -0.271 e. The molecule has 1 aliphatic rings. The SMILES string of the molecule is NNC(CC1CCCC1)c1cccc2ccsc12. The van der Waals surface area contributed by atoms with E-state index in [1.165, 1.54) is 47.8 Å². The van der Waals surface area contributed by atoms with E-state index in [0.717, 1.165) is 5.92 Å². The van der Waals surface area contributed by atoms with Gasteiger partial charge >= 0.3 is 0 Å². The Kier molecular flexibility index (Phi) is 3.64. The monoisotopic (exact) mass is 260 g/mol. The van der Waals surface area contributed by atoms with Gasteiger partial charge in [-0.05, 0) is 34.7 Å². The Labute approximate surface area is 112 Å². The summed E-state index contributed by atoms with van der Waals surface area (Å²) in [6.07, 6.45) is 6.71. The van der Waals surface area contributed by atoms with E-state index in [9.17, 15) is 0 Å². The largest absolute Gasteiger partial charge is 0.271 e. The van der Waals surface area contributed by atoms with E-state index < -0.39 is 0 Å². The molecule has 1 saturated carbocycles. The second kappa shape index (κ2) is 5.39. The topological polar surface area (TPSA) is 38.0 Å². The third kappa shape index (κ3) is 2.30. The molecular formula is C15H20N2S. The van der Waals surface area contributed by atoms with Gasteiger partial charge in [0.25, 0.3) is 0 Å². The Hall–Kier alpha value is -0.900. The normalized spacial score (nSPS) is 18.5. The summed E-state index contributed by atoms with van der Waals surface area (Å²) in [7, 11) is 0. The summed E-state index contributed by atoms with van der Waals surface area (Å²) in [5.74, 6) is 6.65. The number of rotatable bonds is 4. The number of hydrazine groups is 1. The predicted molar refractivity (Wildman–Crippen MR) is 78.5 cm³/mol. The van der Waals surface area contributed by atoms with Crippen LogP contribution in [0.2, 0.25) is 0 Å². The van der Waals surface area contributed by atoms with E-state index in [2.05, 4.69) is 35.1 Å². The average molecular weight is 260 g/mol. The Morgan fingerprint density at radius 1 is 1.28 bits per heavy atom. The van der Waals surface area contributed by atoms with Crippen LogP contribution in [0.1, 0.15) is 43.7 Å². The molecule has 0 aliphatic heterocycles. The number of nitrogens with one attached hydrogen (secondary N) is 1. The highest BCUT2D eigenvalue weighted by atomic mass is 32.1. The molecule has 1 aromatic heterocycles. The van der Waals surface area contributed by atoms with Crippen LogP contribution >= 0.6 is 11.3 Å². The highest BCUT2D eigenvalue weighted by molar-refractivity contribution is 7.17. The Morgan fingerprint density at radius 2 is 2.11 bits per heavy atom. The van der Waals surface area contributed by atoms with Gasteiger partial charge < -0.3 is 0 Å². The second-order valence-electron chi connectivity index (χ2n) is 5.29. The summed E-state index contributed by atoms with van der Waals surface area (Å²) in [5.41, 5.74) is 4.41. The first-order chi connectivity index (χ1) is 8.88. The summed E-state index contributed by atoms with van der Waals surface area (Å²) in [4.78, 5) is 0. The van der Waals surface area contributed by atoms with E-state index in [-0.39, 0.29) is 0 Å². The van der Waals surface area contributed by atoms with Gasteiger partial charge in [0.2, 0.25) is 0 Å². The first kappa shape index (κ1) is 12.2. The fourth-order valence-electron chi connectivity index (χ4n) is 3.15. The first-order valence-electron chi connectivity index (χ1n) is 6.80. The van der Waals surface area contributed by atoms with Gasteiger partial charge in [-0.1, -0.05) is 43.9 Å². The molecule has 1 unspecified atom stereocenters. The van der Waals surface area contributed by atoms with Gasteiger partial charge in [0.15, 0.2) is 0 Å². The van der Waals surface area contributed by atoms with Gasteiger partial charge in [0.05, 0.1) is 0 Å². The van der Waals surface area contributed by atoms with Crippen LogP contribution in [0.3, 0.4) is 0 Å². The van der Waals surface area contributed by atoms with Crippen molar-refractivity contribution in [3.8, 4) is 0 Å². The lowest BCUT2D eigenvalue weighted by atomic mass is 9.93. The zero-order valence-corrected chi connectivity index (χ0v) is 11.4. The molecule has 0 amide bonds. The van der Waals surface area contributed by atoms with Gasteiger partial charge in [-0.25, -0.2) is 0 Å². The molecule has 0 saturated heterocycles. The zero-order chi connectivity index (χ0) is 12.4. The molecule has 0 spiro atoms. The average Bonchev–Trinajstić information content (AvgIpc) is 3.06. The van der Waals surface area contributed by atoms with Gasteiger partial charge in [0.1, 0.15) is 0 Å². The number of nitrogens with two attached hydrogens (primary N) is 1. The molecule has 18 heavy (non-hydrogen) atoms. The predicted octanol–water partition coefficient (Wildman–Crippen LogP) is 3.99. The second-order valence-corrected chi connectivity index (χ2v) is 6.21. The van der Waals surface area contributed by atoms with Crippen LogP contribution in [0.15, 0.2) is 29.6 Å². The number of fused-ring (bicyclic) bond motifs is 1. The third-order valence-electron chi connectivity index (χ3n) is 4.13. The van der Waals surface area contributed by atoms with E-state index in [1.807, 2.05) is 11.3 Å². The molecule has 1 fully saturated rings. The molecule has 0 bridgehead atoms. The number of thiophene rings is 1. The maximum atomic E-state index is 5.80.